The Morgan fingerprint density at radius 2 is 2.08 bits per heavy atom. The average Bonchev–Trinajstić information content (AvgIpc) is 2.98. The number of carbonyl (C=O) groups excluding carboxylic acids is 1. The van der Waals surface area contributed by atoms with Crippen LogP contribution in [0.15, 0.2) is 30.6 Å². The van der Waals surface area contributed by atoms with Crippen molar-refractivity contribution in [2.45, 2.75) is 6.61 Å². The molecule has 0 radical (unpaired) electrons. The summed E-state index contributed by atoms with van der Waals surface area (Å²) in [5.74, 6) is -0.825. The van der Waals surface area contributed by atoms with Crippen molar-refractivity contribution >= 4 is 52.0 Å². The maximum Gasteiger partial charge on any atom is 0.358 e. The first-order valence-corrected chi connectivity index (χ1v) is 8.03. The maximum atomic E-state index is 12.3. The minimum absolute atomic E-state index is 0.0336. The SMILES string of the molecule is N#Cc1c(COC(=O)c2nc(Cl)c(Cl)c(N)c2Cl)cn2ccccc12. The lowest BCUT2D eigenvalue weighted by atomic mass is 10.2. The molecular formula is C16H9Cl3N4O2. The summed E-state index contributed by atoms with van der Waals surface area (Å²) in [6, 6.07) is 7.54. The minimum Gasteiger partial charge on any atom is -0.456 e. The summed E-state index contributed by atoms with van der Waals surface area (Å²) in [6.07, 6.45) is 3.50. The van der Waals surface area contributed by atoms with Crippen LogP contribution in [-0.2, 0) is 11.3 Å². The molecule has 6 nitrogen and oxygen atoms in total. The summed E-state index contributed by atoms with van der Waals surface area (Å²) in [4.78, 5) is 16.1. The molecule has 0 bridgehead atoms. The van der Waals surface area contributed by atoms with E-state index >= 15 is 0 Å². The molecule has 0 aliphatic carbocycles. The third-order valence-electron chi connectivity index (χ3n) is 3.50. The number of ether oxygens (including phenoxy) is 1. The van der Waals surface area contributed by atoms with Crippen molar-refractivity contribution in [3.63, 3.8) is 0 Å². The van der Waals surface area contributed by atoms with Crippen molar-refractivity contribution in [3.8, 4) is 6.07 Å². The number of esters is 1. The Bertz CT molecular complexity index is 1040. The van der Waals surface area contributed by atoms with Crippen LogP contribution in [-0.4, -0.2) is 15.4 Å². The van der Waals surface area contributed by atoms with E-state index in [2.05, 4.69) is 11.1 Å². The molecule has 126 valence electrons. The van der Waals surface area contributed by atoms with Crippen LogP contribution < -0.4 is 5.73 Å². The number of nitrogens with zero attached hydrogens (tertiary/aromatic N) is 3. The second kappa shape index (κ2) is 6.81. The predicted octanol–water partition coefficient (Wildman–Crippen LogP) is 4.11. The molecule has 0 aromatic carbocycles. The Balaban J connectivity index is 1.88. The molecule has 0 fully saturated rings. The van der Waals surface area contributed by atoms with Crippen molar-refractivity contribution in [2.75, 3.05) is 5.73 Å². The normalized spacial score (nSPS) is 10.6. The van der Waals surface area contributed by atoms with Crippen molar-refractivity contribution in [3.05, 3.63) is 62.6 Å². The molecule has 0 saturated heterocycles. The van der Waals surface area contributed by atoms with E-state index in [4.69, 9.17) is 45.3 Å². The molecule has 0 aliphatic heterocycles. The number of hydrogen-bond donors (Lipinski definition) is 1. The zero-order chi connectivity index (χ0) is 18.1. The van der Waals surface area contributed by atoms with Gasteiger partial charge < -0.3 is 14.9 Å². The van der Waals surface area contributed by atoms with Crippen LogP contribution in [0.25, 0.3) is 5.52 Å². The quantitative estimate of drug-likeness (QED) is 0.532. The summed E-state index contributed by atoms with van der Waals surface area (Å²) in [7, 11) is 0. The van der Waals surface area contributed by atoms with Crippen LogP contribution in [0.5, 0.6) is 0 Å². The third kappa shape index (κ3) is 3.10. The molecule has 0 unspecified atom stereocenters. The number of fused-ring (bicyclic) bond motifs is 1. The fraction of sp³-hybridized carbons (Fsp3) is 0.0625. The number of nitrogens with two attached hydrogens (primary N) is 1. The third-order valence-corrected chi connectivity index (χ3v) is 4.63. The van der Waals surface area contributed by atoms with Crippen molar-refractivity contribution < 1.29 is 9.53 Å². The van der Waals surface area contributed by atoms with Gasteiger partial charge in [0.2, 0.25) is 0 Å². The molecule has 3 heterocycles. The monoisotopic (exact) mass is 394 g/mol. The van der Waals surface area contributed by atoms with Gasteiger partial charge in [0.25, 0.3) is 0 Å². The van der Waals surface area contributed by atoms with Gasteiger partial charge in [-0.05, 0) is 12.1 Å². The second-order valence-electron chi connectivity index (χ2n) is 5.00. The van der Waals surface area contributed by atoms with Crippen LogP contribution in [0.4, 0.5) is 5.69 Å². The first kappa shape index (κ1) is 17.4. The minimum atomic E-state index is -0.825. The number of anilines is 1. The highest BCUT2D eigenvalue weighted by molar-refractivity contribution is 6.46. The number of halogens is 3. The molecule has 0 atom stereocenters. The lowest BCUT2D eigenvalue weighted by Gasteiger charge is -2.09. The fourth-order valence-corrected chi connectivity index (χ4v) is 2.88. The molecule has 25 heavy (non-hydrogen) atoms. The second-order valence-corrected chi connectivity index (χ2v) is 6.12. The summed E-state index contributed by atoms with van der Waals surface area (Å²) in [5, 5.41) is 9.03. The average molecular weight is 396 g/mol. The van der Waals surface area contributed by atoms with Gasteiger partial charge >= 0.3 is 5.97 Å². The largest absolute Gasteiger partial charge is 0.456 e. The lowest BCUT2D eigenvalue weighted by molar-refractivity contribution is 0.0466. The van der Waals surface area contributed by atoms with E-state index in [0.29, 0.717) is 16.6 Å². The van der Waals surface area contributed by atoms with Crippen LogP contribution in [0, 0.1) is 11.3 Å². The number of nitrogen functional groups attached to an aromatic ring is 1. The number of nitriles is 1. The molecule has 3 aromatic rings. The molecule has 9 heteroatoms. The Hall–Kier alpha value is -2.46. The smallest absolute Gasteiger partial charge is 0.358 e. The van der Waals surface area contributed by atoms with E-state index in [1.54, 1.807) is 22.9 Å². The van der Waals surface area contributed by atoms with Crippen molar-refractivity contribution in [2.24, 2.45) is 0 Å². The van der Waals surface area contributed by atoms with E-state index in [1.807, 2.05) is 12.1 Å². The van der Waals surface area contributed by atoms with E-state index in [0.717, 1.165) is 0 Å². The molecule has 0 aliphatic rings. The Kier molecular flexibility index (Phi) is 4.73. The van der Waals surface area contributed by atoms with Gasteiger partial charge in [0, 0.05) is 18.0 Å². The number of hydrogen-bond acceptors (Lipinski definition) is 5. The molecule has 0 saturated carbocycles. The van der Waals surface area contributed by atoms with Gasteiger partial charge in [-0.3, -0.25) is 0 Å². The first-order chi connectivity index (χ1) is 11.9. The molecular weight excluding hydrogens is 387 g/mol. The summed E-state index contributed by atoms with van der Waals surface area (Å²) < 4.78 is 6.98. The summed E-state index contributed by atoms with van der Waals surface area (Å²) in [6.45, 7) is -0.137. The van der Waals surface area contributed by atoms with Gasteiger partial charge in [0.1, 0.15) is 17.7 Å². The molecule has 0 amide bonds. The molecule has 2 N–H and O–H groups in total. The van der Waals surface area contributed by atoms with Gasteiger partial charge in [0.15, 0.2) is 10.8 Å². The van der Waals surface area contributed by atoms with Crippen LogP contribution in [0.3, 0.4) is 0 Å². The number of rotatable bonds is 3. The van der Waals surface area contributed by atoms with Gasteiger partial charge in [-0.15, -0.1) is 0 Å². The standard InChI is InChI=1S/C16H9Cl3N4O2/c17-11-13(21)12(18)15(19)22-14(11)16(24)25-7-8-6-23-4-2-1-3-10(23)9(8)5-20/h1-4,6H,7H2,(H2,21,22). The predicted molar refractivity (Wildman–Crippen MR) is 94.9 cm³/mol. The first-order valence-electron chi connectivity index (χ1n) is 6.89. The lowest BCUT2D eigenvalue weighted by Crippen LogP contribution is -2.10. The molecule has 3 aromatic heterocycles. The Morgan fingerprint density at radius 3 is 2.80 bits per heavy atom. The number of pyridine rings is 2. The zero-order valence-electron chi connectivity index (χ0n) is 12.5. The van der Waals surface area contributed by atoms with Gasteiger partial charge in [-0.2, -0.15) is 5.26 Å². The molecule has 0 spiro atoms. The molecule has 3 rings (SSSR count). The highest BCUT2D eigenvalue weighted by atomic mass is 35.5. The van der Waals surface area contributed by atoms with E-state index in [-0.39, 0.29) is 33.2 Å². The van der Waals surface area contributed by atoms with Crippen molar-refractivity contribution in [1.29, 1.82) is 5.26 Å². The van der Waals surface area contributed by atoms with Gasteiger partial charge in [-0.1, -0.05) is 40.9 Å². The highest BCUT2D eigenvalue weighted by Gasteiger charge is 2.21. The van der Waals surface area contributed by atoms with Crippen LogP contribution >= 0.6 is 34.8 Å². The number of carbonyl (C=O) groups is 1. The maximum absolute atomic E-state index is 12.3. The Morgan fingerprint density at radius 1 is 1.32 bits per heavy atom. The fourth-order valence-electron chi connectivity index (χ4n) is 2.29. The van der Waals surface area contributed by atoms with E-state index in [9.17, 15) is 10.1 Å². The van der Waals surface area contributed by atoms with Crippen molar-refractivity contribution in [1.82, 2.24) is 9.38 Å². The summed E-state index contributed by atoms with van der Waals surface area (Å²) >= 11 is 17.6. The Labute approximate surface area is 157 Å². The van der Waals surface area contributed by atoms with Gasteiger partial charge in [0.05, 0.1) is 21.8 Å². The van der Waals surface area contributed by atoms with E-state index < -0.39 is 5.97 Å². The van der Waals surface area contributed by atoms with Gasteiger partial charge in [-0.25, -0.2) is 9.78 Å². The topological polar surface area (TPSA) is 93.4 Å². The summed E-state index contributed by atoms with van der Waals surface area (Å²) in [5.41, 5.74) is 7.07. The highest BCUT2D eigenvalue weighted by Crippen LogP contribution is 2.34. The zero-order valence-corrected chi connectivity index (χ0v) is 14.7. The van der Waals surface area contributed by atoms with E-state index in [1.165, 1.54) is 0 Å². The number of aromatic nitrogens is 2. The van der Waals surface area contributed by atoms with Crippen LogP contribution in [0.1, 0.15) is 21.6 Å². The van der Waals surface area contributed by atoms with Crippen LogP contribution in [0.2, 0.25) is 15.2 Å².